The lowest BCUT2D eigenvalue weighted by molar-refractivity contribution is 0.265. The maximum atomic E-state index is 11.0. The number of phenolic OH excluding ortho intramolecular Hbond substituents is 1. The zero-order valence-corrected chi connectivity index (χ0v) is 9.19. The monoisotopic (exact) mass is 237 g/mol. The van der Waals surface area contributed by atoms with Crippen molar-refractivity contribution in [1.82, 2.24) is 5.32 Å². The third-order valence-electron chi connectivity index (χ3n) is 1.81. The van der Waals surface area contributed by atoms with E-state index in [2.05, 4.69) is 5.32 Å². The summed E-state index contributed by atoms with van der Waals surface area (Å²) in [7, 11) is 0. The Morgan fingerprint density at radius 3 is 2.87 bits per heavy atom. The molecule has 0 aromatic heterocycles. The molecule has 0 spiro atoms. The molecule has 1 aliphatic rings. The summed E-state index contributed by atoms with van der Waals surface area (Å²) in [6.45, 7) is 0. The lowest BCUT2D eigenvalue weighted by Crippen LogP contribution is -2.15. The van der Waals surface area contributed by atoms with Gasteiger partial charge in [-0.15, -0.1) is 0 Å². The molecule has 2 rings (SSSR count). The van der Waals surface area contributed by atoms with Crippen LogP contribution in [-0.4, -0.2) is 15.3 Å². The number of benzene rings is 1. The Hall–Kier alpha value is -1.33. The maximum Gasteiger partial charge on any atom is 0.289 e. The highest BCUT2D eigenvalue weighted by molar-refractivity contribution is 8.19. The zero-order valence-electron chi connectivity index (χ0n) is 7.56. The number of phenols is 1. The number of carbonyl (C=O) groups is 1. The van der Waals surface area contributed by atoms with Gasteiger partial charge in [-0.05, 0) is 35.5 Å². The molecule has 0 aliphatic carbocycles. The van der Waals surface area contributed by atoms with Crippen LogP contribution in [0.2, 0.25) is 0 Å². The van der Waals surface area contributed by atoms with E-state index in [9.17, 15) is 9.90 Å². The summed E-state index contributed by atoms with van der Waals surface area (Å²) in [4.78, 5) is 12.1. The van der Waals surface area contributed by atoms with Crippen LogP contribution in [0.15, 0.2) is 29.2 Å². The van der Waals surface area contributed by atoms with Gasteiger partial charge in [-0.25, -0.2) is 0 Å². The number of rotatable bonds is 1. The summed E-state index contributed by atoms with van der Waals surface area (Å²) in [5, 5.41) is 11.6. The van der Waals surface area contributed by atoms with E-state index in [1.165, 1.54) is 0 Å². The van der Waals surface area contributed by atoms with Crippen LogP contribution in [0.3, 0.4) is 0 Å². The number of amides is 1. The summed E-state index contributed by atoms with van der Waals surface area (Å²) in [6, 6.07) is 6.77. The fourth-order valence-electron chi connectivity index (χ4n) is 1.19. The predicted octanol–water partition coefficient (Wildman–Crippen LogP) is 2.52. The van der Waals surface area contributed by atoms with Crippen molar-refractivity contribution in [2.24, 2.45) is 0 Å². The minimum absolute atomic E-state index is 0.161. The van der Waals surface area contributed by atoms with Crippen LogP contribution in [0, 0.1) is 0 Å². The van der Waals surface area contributed by atoms with Crippen molar-refractivity contribution in [1.29, 1.82) is 0 Å². The topological polar surface area (TPSA) is 49.3 Å². The first-order chi connectivity index (χ1) is 7.15. The Bertz CT molecular complexity index is 468. The highest BCUT2D eigenvalue weighted by Gasteiger charge is 2.21. The molecular formula is C10H7NO2S2. The van der Waals surface area contributed by atoms with Gasteiger partial charge in [0, 0.05) is 0 Å². The molecule has 0 bridgehead atoms. The van der Waals surface area contributed by atoms with Gasteiger partial charge in [-0.3, -0.25) is 4.79 Å². The van der Waals surface area contributed by atoms with E-state index >= 15 is 0 Å². The Balaban J connectivity index is 2.31. The largest absolute Gasteiger partial charge is 0.508 e. The molecule has 0 saturated carbocycles. The standard InChI is InChI=1S/C10H7NO2S2/c12-7-3-1-2-6(4-7)5-8-9(14)11-10(13)15-8/h1-5,12H,(H,11,13,14). The quantitative estimate of drug-likeness (QED) is 0.582. The molecule has 1 aromatic carbocycles. The zero-order chi connectivity index (χ0) is 10.8. The van der Waals surface area contributed by atoms with E-state index in [1.54, 1.807) is 24.3 Å². The van der Waals surface area contributed by atoms with Gasteiger partial charge in [-0.2, -0.15) is 0 Å². The number of thioether (sulfide) groups is 1. The molecule has 15 heavy (non-hydrogen) atoms. The van der Waals surface area contributed by atoms with Gasteiger partial charge in [0.2, 0.25) is 0 Å². The van der Waals surface area contributed by atoms with Crippen LogP contribution in [0.1, 0.15) is 5.56 Å². The third kappa shape index (κ3) is 2.37. The van der Waals surface area contributed by atoms with Crippen LogP contribution >= 0.6 is 24.0 Å². The second kappa shape index (κ2) is 4.04. The molecule has 0 radical (unpaired) electrons. The predicted molar refractivity (Wildman–Crippen MR) is 64.8 cm³/mol. The lowest BCUT2D eigenvalue weighted by Gasteiger charge is -1.96. The number of thiocarbonyl (C=S) groups is 1. The van der Waals surface area contributed by atoms with Gasteiger partial charge in [0.05, 0.1) is 4.91 Å². The van der Waals surface area contributed by atoms with Crippen molar-refractivity contribution < 1.29 is 9.90 Å². The summed E-state index contributed by atoms with van der Waals surface area (Å²) in [5.74, 6) is 0.192. The van der Waals surface area contributed by atoms with Gasteiger partial charge in [0.15, 0.2) is 0 Å². The van der Waals surface area contributed by atoms with Gasteiger partial charge >= 0.3 is 0 Å². The van der Waals surface area contributed by atoms with Crippen molar-refractivity contribution in [2.45, 2.75) is 0 Å². The molecule has 1 fully saturated rings. The average molecular weight is 237 g/mol. The van der Waals surface area contributed by atoms with E-state index in [0.717, 1.165) is 17.3 Å². The minimum Gasteiger partial charge on any atom is -0.508 e. The number of hydrogen-bond acceptors (Lipinski definition) is 4. The molecule has 1 amide bonds. The maximum absolute atomic E-state index is 11.0. The van der Waals surface area contributed by atoms with E-state index in [1.807, 2.05) is 6.07 Å². The first-order valence-corrected chi connectivity index (χ1v) is 5.41. The summed E-state index contributed by atoms with van der Waals surface area (Å²) in [5.41, 5.74) is 0.816. The average Bonchev–Trinajstić information content (AvgIpc) is 2.45. The van der Waals surface area contributed by atoms with Crippen LogP contribution in [0.5, 0.6) is 5.75 Å². The van der Waals surface area contributed by atoms with Gasteiger partial charge in [0.1, 0.15) is 10.7 Å². The molecule has 1 aliphatic heterocycles. The number of nitrogens with one attached hydrogen (secondary N) is 1. The number of aromatic hydroxyl groups is 1. The van der Waals surface area contributed by atoms with Gasteiger partial charge < -0.3 is 10.4 Å². The molecule has 76 valence electrons. The van der Waals surface area contributed by atoms with Crippen LogP contribution in [0.4, 0.5) is 4.79 Å². The second-order valence-electron chi connectivity index (χ2n) is 2.95. The van der Waals surface area contributed by atoms with Crippen molar-refractivity contribution >= 4 is 40.3 Å². The molecule has 2 N–H and O–H groups in total. The normalized spacial score (nSPS) is 18.3. The smallest absolute Gasteiger partial charge is 0.289 e. The Morgan fingerprint density at radius 2 is 2.27 bits per heavy atom. The molecule has 1 heterocycles. The van der Waals surface area contributed by atoms with Crippen molar-refractivity contribution in [3.05, 3.63) is 34.7 Å². The van der Waals surface area contributed by atoms with E-state index in [-0.39, 0.29) is 11.0 Å². The summed E-state index contributed by atoms with van der Waals surface area (Å²) < 4.78 is 0. The summed E-state index contributed by atoms with van der Waals surface area (Å²) in [6.07, 6.45) is 1.77. The molecular weight excluding hydrogens is 230 g/mol. The first-order valence-electron chi connectivity index (χ1n) is 4.19. The SMILES string of the molecule is O=C1NC(=S)C(=Cc2cccc(O)c2)S1. The molecule has 3 nitrogen and oxygen atoms in total. The highest BCUT2D eigenvalue weighted by atomic mass is 32.2. The van der Waals surface area contributed by atoms with Gasteiger partial charge in [-0.1, -0.05) is 24.4 Å². The van der Waals surface area contributed by atoms with E-state index < -0.39 is 0 Å². The van der Waals surface area contributed by atoms with Gasteiger partial charge in [0.25, 0.3) is 5.24 Å². The second-order valence-corrected chi connectivity index (χ2v) is 4.37. The van der Waals surface area contributed by atoms with Crippen molar-refractivity contribution in [3.63, 3.8) is 0 Å². The fraction of sp³-hybridized carbons (Fsp3) is 0. The number of hydrogen-bond donors (Lipinski definition) is 2. The first kappa shape index (κ1) is 10.2. The molecule has 0 unspecified atom stereocenters. The Kier molecular flexibility index (Phi) is 2.75. The van der Waals surface area contributed by atoms with E-state index in [4.69, 9.17) is 12.2 Å². The highest BCUT2D eigenvalue weighted by Crippen LogP contribution is 2.27. The minimum atomic E-state index is -0.161. The Morgan fingerprint density at radius 1 is 1.47 bits per heavy atom. The fourth-order valence-corrected chi connectivity index (χ4v) is 2.22. The molecule has 5 heteroatoms. The van der Waals surface area contributed by atoms with Crippen molar-refractivity contribution in [3.8, 4) is 5.75 Å². The van der Waals surface area contributed by atoms with Crippen LogP contribution < -0.4 is 5.32 Å². The summed E-state index contributed by atoms with van der Waals surface area (Å²) >= 11 is 6.03. The van der Waals surface area contributed by atoms with Crippen LogP contribution in [0.25, 0.3) is 6.08 Å². The lowest BCUT2D eigenvalue weighted by atomic mass is 10.2. The Labute approximate surface area is 96.2 Å². The molecule has 1 aromatic rings. The third-order valence-corrected chi connectivity index (χ3v) is 3.09. The molecule has 1 saturated heterocycles. The molecule has 0 atom stereocenters. The number of carbonyl (C=O) groups excluding carboxylic acids is 1. The van der Waals surface area contributed by atoms with Crippen molar-refractivity contribution in [2.75, 3.05) is 0 Å². The van der Waals surface area contributed by atoms with Crippen LogP contribution in [-0.2, 0) is 0 Å². The van der Waals surface area contributed by atoms with E-state index in [0.29, 0.717) is 9.89 Å².